The summed E-state index contributed by atoms with van der Waals surface area (Å²) >= 11 is 0. The Hall–Kier alpha value is -1.59. The largest absolute Gasteiger partial charge is 0.493 e. The molecule has 0 spiro atoms. The van der Waals surface area contributed by atoms with Crippen molar-refractivity contribution in [3.05, 3.63) is 29.8 Å². The van der Waals surface area contributed by atoms with Crippen molar-refractivity contribution in [2.24, 2.45) is 5.92 Å². The zero-order chi connectivity index (χ0) is 16.8. The van der Waals surface area contributed by atoms with Crippen molar-refractivity contribution >= 4 is 5.91 Å². The third-order valence-electron chi connectivity index (χ3n) is 3.88. The summed E-state index contributed by atoms with van der Waals surface area (Å²) in [5.41, 5.74) is 1.06. The summed E-state index contributed by atoms with van der Waals surface area (Å²) in [6, 6.07) is 7.83. The van der Waals surface area contributed by atoms with Gasteiger partial charge in [0.1, 0.15) is 11.9 Å². The van der Waals surface area contributed by atoms with Crippen LogP contribution in [0.1, 0.15) is 32.4 Å². The Kier molecular flexibility index (Phi) is 6.42. The van der Waals surface area contributed by atoms with E-state index in [-0.39, 0.29) is 18.1 Å². The van der Waals surface area contributed by atoms with E-state index in [0.29, 0.717) is 25.7 Å². The van der Waals surface area contributed by atoms with Crippen LogP contribution in [-0.2, 0) is 9.53 Å². The number of nitrogens with zero attached hydrogens (tertiary/aromatic N) is 1. The molecule has 0 aromatic heterocycles. The minimum atomic E-state index is -0.384. The van der Waals surface area contributed by atoms with Gasteiger partial charge in [-0.25, -0.2) is 0 Å². The standard InChI is InChI=1S/C18H28N2O3/c1-13(2)12-23-16-7-5-15(6-8-16)14(3)19-18(21)17-11-20(4)9-10-22-17/h5-8,13-14,17H,9-12H2,1-4H3,(H,19,21)/t14-,17+/m0/s1. The van der Waals surface area contributed by atoms with Gasteiger partial charge in [0.05, 0.1) is 19.3 Å². The second-order valence-electron chi connectivity index (χ2n) is 6.63. The van der Waals surface area contributed by atoms with E-state index in [1.807, 2.05) is 38.2 Å². The number of hydrogen-bond acceptors (Lipinski definition) is 4. The quantitative estimate of drug-likeness (QED) is 0.873. The van der Waals surface area contributed by atoms with Crippen LogP contribution in [0.15, 0.2) is 24.3 Å². The number of benzene rings is 1. The molecule has 2 atom stereocenters. The molecule has 0 bridgehead atoms. The zero-order valence-electron chi connectivity index (χ0n) is 14.5. The third-order valence-corrected chi connectivity index (χ3v) is 3.88. The van der Waals surface area contributed by atoms with Crippen molar-refractivity contribution in [3.8, 4) is 5.75 Å². The van der Waals surface area contributed by atoms with E-state index in [4.69, 9.17) is 9.47 Å². The van der Waals surface area contributed by atoms with Crippen molar-refractivity contribution in [3.63, 3.8) is 0 Å². The first-order chi connectivity index (χ1) is 11.0. The predicted molar refractivity (Wildman–Crippen MR) is 90.6 cm³/mol. The number of hydrogen-bond donors (Lipinski definition) is 1. The smallest absolute Gasteiger partial charge is 0.250 e. The fraction of sp³-hybridized carbons (Fsp3) is 0.611. The first kappa shape index (κ1) is 17.8. The van der Waals surface area contributed by atoms with Crippen molar-refractivity contribution < 1.29 is 14.3 Å². The zero-order valence-corrected chi connectivity index (χ0v) is 14.5. The molecule has 1 aromatic carbocycles. The van der Waals surface area contributed by atoms with Gasteiger partial charge in [0.25, 0.3) is 5.91 Å². The molecular weight excluding hydrogens is 292 g/mol. The number of likely N-dealkylation sites (N-methyl/N-ethyl adjacent to an activating group) is 1. The van der Waals surface area contributed by atoms with Crippen LogP contribution >= 0.6 is 0 Å². The number of ether oxygens (including phenoxy) is 2. The molecule has 1 aliphatic rings. The summed E-state index contributed by atoms with van der Waals surface area (Å²) in [5.74, 6) is 1.31. The Morgan fingerprint density at radius 2 is 2.04 bits per heavy atom. The number of morpholine rings is 1. The summed E-state index contributed by atoms with van der Waals surface area (Å²) in [4.78, 5) is 14.4. The molecule has 1 N–H and O–H groups in total. The van der Waals surface area contributed by atoms with Gasteiger partial charge in [0.2, 0.25) is 0 Å². The lowest BCUT2D eigenvalue weighted by atomic mass is 10.1. The van der Waals surface area contributed by atoms with Crippen LogP contribution < -0.4 is 10.1 Å². The number of nitrogens with one attached hydrogen (secondary N) is 1. The lowest BCUT2D eigenvalue weighted by Gasteiger charge is -2.30. The lowest BCUT2D eigenvalue weighted by molar-refractivity contribution is -0.138. The highest BCUT2D eigenvalue weighted by Crippen LogP contribution is 2.18. The molecule has 1 heterocycles. The highest BCUT2D eigenvalue weighted by molar-refractivity contribution is 5.81. The summed E-state index contributed by atoms with van der Waals surface area (Å²) in [6.45, 7) is 9.04. The topological polar surface area (TPSA) is 50.8 Å². The van der Waals surface area contributed by atoms with Crippen LogP contribution in [0.2, 0.25) is 0 Å². The first-order valence-electron chi connectivity index (χ1n) is 8.29. The second-order valence-corrected chi connectivity index (χ2v) is 6.63. The highest BCUT2D eigenvalue weighted by atomic mass is 16.5. The van der Waals surface area contributed by atoms with Crippen LogP contribution in [0.3, 0.4) is 0 Å². The maximum atomic E-state index is 12.3. The van der Waals surface area contributed by atoms with E-state index in [1.54, 1.807) is 0 Å². The molecule has 0 radical (unpaired) electrons. The summed E-state index contributed by atoms with van der Waals surface area (Å²) in [5, 5.41) is 3.02. The number of carbonyl (C=O) groups is 1. The third kappa shape index (κ3) is 5.52. The molecule has 1 aromatic rings. The van der Waals surface area contributed by atoms with Gasteiger partial charge >= 0.3 is 0 Å². The molecule has 23 heavy (non-hydrogen) atoms. The summed E-state index contributed by atoms with van der Waals surface area (Å²) in [6.07, 6.45) is -0.384. The normalized spacial score (nSPS) is 20.3. The first-order valence-corrected chi connectivity index (χ1v) is 8.29. The number of carbonyl (C=O) groups excluding carboxylic acids is 1. The molecular formula is C18H28N2O3. The summed E-state index contributed by atoms with van der Waals surface area (Å²) in [7, 11) is 2.00. The van der Waals surface area contributed by atoms with Crippen molar-refractivity contribution in [2.45, 2.75) is 32.9 Å². The van der Waals surface area contributed by atoms with Crippen LogP contribution in [-0.4, -0.2) is 50.3 Å². The molecule has 1 saturated heterocycles. The van der Waals surface area contributed by atoms with Crippen LogP contribution in [0.25, 0.3) is 0 Å². The molecule has 0 unspecified atom stereocenters. The van der Waals surface area contributed by atoms with Crippen LogP contribution in [0, 0.1) is 5.92 Å². The van der Waals surface area contributed by atoms with Gasteiger partial charge in [0, 0.05) is 13.1 Å². The van der Waals surface area contributed by atoms with E-state index >= 15 is 0 Å². The van der Waals surface area contributed by atoms with E-state index < -0.39 is 0 Å². The van der Waals surface area contributed by atoms with E-state index in [0.717, 1.165) is 17.9 Å². The monoisotopic (exact) mass is 320 g/mol. The summed E-state index contributed by atoms with van der Waals surface area (Å²) < 4.78 is 11.2. The Labute approximate surface area is 139 Å². The van der Waals surface area contributed by atoms with Crippen molar-refractivity contribution in [1.29, 1.82) is 0 Å². The van der Waals surface area contributed by atoms with Gasteiger partial charge in [-0.2, -0.15) is 0 Å². The Balaban J connectivity index is 1.87. The molecule has 128 valence electrons. The van der Waals surface area contributed by atoms with Gasteiger partial charge in [-0.15, -0.1) is 0 Å². The van der Waals surface area contributed by atoms with E-state index in [2.05, 4.69) is 24.1 Å². The van der Waals surface area contributed by atoms with Crippen LogP contribution in [0.4, 0.5) is 0 Å². The molecule has 5 heteroatoms. The number of rotatable bonds is 6. The van der Waals surface area contributed by atoms with Gasteiger partial charge in [-0.05, 0) is 37.6 Å². The molecule has 5 nitrogen and oxygen atoms in total. The molecule has 1 amide bonds. The van der Waals surface area contributed by atoms with Gasteiger partial charge in [-0.1, -0.05) is 26.0 Å². The van der Waals surface area contributed by atoms with E-state index in [9.17, 15) is 4.79 Å². The fourth-order valence-corrected chi connectivity index (χ4v) is 2.44. The van der Waals surface area contributed by atoms with Gasteiger partial charge in [0.15, 0.2) is 0 Å². The fourth-order valence-electron chi connectivity index (χ4n) is 2.44. The predicted octanol–water partition coefficient (Wildman–Crippen LogP) is 2.23. The van der Waals surface area contributed by atoms with E-state index in [1.165, 1.54) is 0 Å². The average molecular weight is 320 g/mol. The molecule has 0 aliphatic carbocycles. The van der Waals surface area contributed by atoms with Crippen molar-refractivity contribution in [2.75, 3.05) is 33.4 Å². The minimum absolute atomic E-state index is 0.0517. The second kappa shape index (κ2) is 8.31. The highest BCUT2D eigenvalue weighted by Gasteiger charge is 2.25. The Bertz CT molecular complexity index is 501. The van der Waals surface area contributed by atoms with Gasteiger partial charge in [-0.3, -0.25) is 4.79 Å². The van der Waals surface area contributed by atoms with Crippen LogP contribution in [0.5, 0.6) is 5.75 Å². The Morgan fingerprint density at radius 3 is 2.65 bits per heavy atom. The van der Waals surface area contributed by atoms with Crippen molar-refractivity contribution in [1.82, 2.24) is 10.2 Å². The Morgan fingerprint density at radius 1 is 1.35 bits per heavy atom. The lowest BCUT2D eigenvalue weighted by Crippen LogP contribution is -2.48. The molecule has 1 aliphatic heterocycles. The molecule has 2 rings (SSSR count). The number of amides is 1. The molecule has 1 fully saturated rings. The SMILES string of the molecule is CC(C)COc1ccc([C@H](C)NC(=O)[C@H]2CN(C)CCO2)cc1. The average Bonchev–Trinajstić information content (AvgIpc) is 2.53. The van der Waals surface area contributed by atoms with Gasteiger partial charge < -0.3 is 19.7 Å². The maximum Gasteiger partial charge on any atom is 0.250 e. The minimum Gasteiger partial charge on any atom is -0.493 e. The molecule has 0 saturated carbocycles. The maximum absolute atomic E-state index is 12.3.